The summed E-state index contributed by atoms with van der Waals surface area (Å²) < 4.78 is 10.9. The van der Waals surface area contributed by atoms with Gasteiger partial charge < -0.3 is 25.0 Å². The molecule has 1 saturated heterocycles. The summed E-state index contributed by atoms with van der Waals surface area (Å²) >= 11 is 0. The fraction of sp³-hybridized carbons (Fsp3) is 0.391. The second-order valence-corrected chi connectivity index (χ2v) is 7.38. The van der Waals surface area contributed by atoms with Crippen LogP contribution in [0.25, 0.3) is 0 Å². The summed E-state index contributed by atoms with van der Waals surface area (Å²) in [6.45, 7) is 3.71. The second kappa shape index (κ2) is 10.1. The highest BCUT2D eigenvalue weighted by Gasteiger charge is 2.33. The zero-order valence-electron chi connectivity index (χ0n) is 17.8. The van der Waals surface area contributed by atoms with E-state index < -0.39 is 0 Å². The van der Waals surface area contributed by atoms with Crippen LogP contribution in [0.15, 0.2) is 42.5 Å². The highest BCUT2D eigenvalue weighted by atomic mass is 16.5. The number of rotatable bonds is 8. The SMILES string of the molecule is CCNC(=O)c1cccc(NC(=O)C[NH+]2CCC[C@@H]2c2ccc(OC)cc2OC)c1. The Morgan fingerprint density at radius 2 is 1.97 bits per heavy atom. The topological polar surface area (TPSA) is 81.1 Å². The third kappa shape index (κ3) is 5.10. The molecule has 2 amide bonds. The maximum absolute atomic E-state index is 12.7. The minimum Gasteiger partial charge on any atom is -0.497 e. The van der Waals surface area contributed by atoms with Gasteiger partial charge in [0.25, 0.3) is 11.8 Å². The maximum Gasteiger partial charge on any atom is 0.279 e. The number of amides is 2. The molecule has 1 heterocycles. The van der Waals surface area contributed by atoms with E-state index in [0.717, 1.165) is 36.4 Å². The van der Waals surface area contributed by atoms with Gasteiger partial charge in [0.05, 0.1) is 26.3 Å². The molecule has 2 aromatic rings. The van der Waals surface area contributed by atoms with Crippen molar-refractivity contribution in [2.45, 2.75) is 25.8 Å². The van der Waals surface area contributed by atoms with Crippen LogP contribution in [-0.4, -0.2) is 45.7 Å². The number of quaternary nitrogens is 1. The Bertz CT molecular complexity index is 900. The molecule has 1 unspecified atom stereocenters. The first kappa shape index (κ1) is 21.6. The van der Waals surface area contributed by atoms with Crippen LogP contribution in [-0.2, 0) is 4.79 Å². The number of nitrogens with one attached hydrogen (secondary N) is 3. The zero-order chi connectivity index (χ0) is 21.5. The quantitative estimate of drug-likeness (QED) is 0.618. The van der Waals surface area contributed by atoms with Gasteiger partial charge in [-0.25, -0.2) is 0 Å². The third-order valence-corrected chi connectivity index (χ3v) is 5.43. The van der Waals surface area contributed by atoms with E-state index in [1.54, 1.807) is 38.5 Å². The Morgan fingerprint density at radius 3 is 2.70 bits per heavy atom. The number of methoxy groups -OCH3 is 2. The Kier molecular flexibility index (Phi) is 7.30. The van der Waals surface area contributed by atoms with Crippen molar-refractivity contribution in [1.29, 1.82) is 0 Å². The van der Waals surface area contributed by atoms with E-state index in [-0.39, 0.29) is 17.9 Å². The van der Waals surface area contributed by atoms with Crippen LogP contribution in [0.2, 0.25) is 0 Å². The smallest absolute Gasteiger partial charge is 0.279 e. The first-order chi connectivity index (χ1) is 14.5. The molecular formula is C23H30N3O4+. The van der Waals surface area contributed by atoms with E-state index in [1.165, 1.54) is 4.90 Å². The molecule has 1 aliphatic rings. The third-order valence-electron chi connectivity index (χ3n) is 5.43. The van der Waals surface area contributed by atoms with Crippen LogP contribution in [0.4, 0.5) is 5.69 Å². The Morgan fingerprint density at radius 1 is 1.13 bits per heavy atom. The van der Waals surface area contributed by atoms with Crippen molar-refractivity contribution in [3.05, 3.63) is 53.6 Å². The predicted octanol–water partition coefficient (Wildman–Crippen LogP) is 1.81. The first-order valence-electron chi connectivity index (χ1n) is 10.3. The summed E-state index contributed by atoms with van der Waals surface area (Å²) in [6.07, 6.45) is 2.05. The fourth-order valence-electron chi connectivity index (χ4n) is 4.02. The average Bonchev–Trinajstić information content (AvgIpc) is 3.21. The summed E-state index contributed by atoms with van der Waals surface area (Å²) in [5.74, 6) is 1.32. The summed E-state index contributed by atoms with van der Waals surface area (Å²) in [7, 11) is 3.29. The number of likely N-dealkylation sites (tertiary alicyclic amines) is 1. The van der Waals surface area contributed by atoms with Gasteiger partial charge >= 0.3 is 0 Å². The highest BCUT2D eigenvalue weighted by Crippen LogP contribution is 2.31. The molecule has 1 aliphatic heterocycles. The highest BCUT2D eigenvalue weighted by molar-refractivity contribution is 5.97. The van der Waals surface area contributed by atoms with Crippen LogP contribution in [0.3, 0.4) is 0 Å². The van der Waals surface area contributed by atoms with Crippen LogP contribution in [0.5, 0.6) is 11.5 Å². The van der Waals surface area contributed by atoms with Gasteiger partial charge in [0.1, 0.15) is 17.5 Å². The zero-order valence-corrected chi connectivity index (χ0v) is 17.8. The maximum atomic E-state index is 12.7. The van der Waals surface area contributed by atoms with E-state index in [1.807, 2.05) is 25.1 Å². The van der Waals surface area contributed by atoms with Crippen molar-refractivity contribution in [1.82, 2.24) is 5.32 Å². The van der Waals surface area contributed by atoms with Crippen LogP contribution >= 0.6 is 0 Å². The van der Waals surface area contributed by atoms with Crippen LogP contribution in [0.1, 0.15) is 41.7 Å². The van der Waals surface area contributed by atoms with Gasteiger partial charge in [-0.3, -0.25) is 9.59 Å². The molecule has 3 rings (SSSR count). The molecule has 1 fully saturated rings. The molecule has 7 heteroatoms. The lowest BCUT2D eigenvalue weighted by atomic mass is 10.0. The molecule has 0 radical (unpaired) electrons. The van der Waals surface area contributed by atoms with E-state index in [0.29, 0.717) is 24.3 Å². The monoisotopic (exact) mass is 412 g/mol. The Hall–Kier alpha value is -3.06. The lowest BCUT2D eigenvalue weighted by Crippen LogP contribution is -3.11. The van der Waals surface area contributed by atoms with Crippen LogP contribution in [0, 0.1) is 0 Å². The normalized spacial score (nSPS) is 18.0. The molecule has 3 N–H and O–H groups in total. The van der Waals surface area contributed by atoms with E-state index in [9.17, 15) is 9.59 Å². The van der Waals surface area contributed by atoms with E-state index in [4.69, 9.17) is 9.47 Å². The first-order valence-corrected chi connectivity index (χ1v) is 10.3. The Balaban J connectivity index is 1.68. The molecule has 30 heavy (non-hydrogen) atoms. The number of carbonyl (C=O) groups is 2. The number of anilines is 1. The van der Waals surface area contributed by atoms with Gasteiger partial charge in [-0.15, -0.1) is 0 Å². The Labute approximate surface area is 177 Å². The number of benzene rings is 2. The predicted molar refractivity (Wildman–Crippen MR) is 115 cm³/mol. The molecule has 7 nitrogen and oxygen atoms in total. The molecule has 0 bridgehead atoms. The number of carbonyl (C=O) groups excluding carboxylic acids is 2. The van der Waals surface area contributed by atoms with Crippen molar-refractivity contribution < 1.29 is 24.0 Å². The summed E-state index contributed by atoms with van der Waals surface area (Å²) in [6, 6.07) is 13.0. The molecule has 160 valence electrons. The largest absolute Gasteiger partial charge is 0.497 e. The minimum absolute atomic E-state index is 0.0718. The molecule has 2 aromatic carbocycles. The van der Waals surface area contributed by atoms with Gasteiger partial charge in [0, 0.05) is 36.7 Å². The lowest BCUT2D eigenvalue weighted by Gasteiger charge is -2.23. The van der Waals surface area contributed by atoms with Crippen molar-refractivity contribution in [2.75, 3.05) is 39.2 Å². The molecule has 0 spiro atoms. The van der Waals surface area contributed by atoms with Gasteiger partial charge in [-0.1, -0.05) is 6.07 Å². The molecule has 2 atom stereocenters. The minimum atomic E-state index is -0.148. The van der Waals surface area contributed by atoms with Crippen molar-refractivity contribution in [2.24, 2.45) is 0 Å². The van der Waals surface area contributed by atoms with Gasteiger partial charge in [-0.2, -0.15) is 0 Å². The molecular weight excluding hydrogens is 382 g/mol. The molecule has 0 aromatic heterocycles. The lowest BCUT2D eigenvalue weighted by molar-refractivity contribution is -0.910. The standard InChI is InChI=1S/C23H29N3O4/c1-4-24-23(28)16-7-5-8-17(13-16)25-22(27)15-26-12-6-9-20(26)19-11-10-18(29-2)14-21(19)30-3/h5,7-8,10-11,13-14,20H,4,6,9,12,15H2,1-3H3,(H,24,28)(H,25,27)/p+1/t20-/m1/s1. The average molecular weight is 413 g/mol. The van der Waals surface area contributed by atoms with Crippen molar-refractivity contribution in [3.8, 4) is 11.5 Å². The molecule has 0 aliphatic carbocycles. The van der Waals surface area contributed by atoms with Gasteiger partial charge in [-0.05, 0) is 37.3 Å². The summed E-state index contributed by atoms with van der Waals surface area (Å²) in [5, 5.41) is 5.70. The van der Waals surface area contributed by atoms with Crippen molar-refractivity contribution >= 4 is 17.5 Å². The number of hydrogen-bond acceptors (Lipinski definition) is 4. The second-order valence-electron chi connectivity index (χ2n) is 7.38. The number of hydrogen-bond donors (Lipinski definition) is 3. The van der Waals surface area contributed by atoms with E-state index >= 15 is 0 Å². The van der Waals surface area contributed by atoms with Gasteiger partial charge in [0.15, 0.2) is 6.54 Å². The van der Waals surface area contributed by atoms with Crippen LogP contribution < -0.4 is 25.0 Å². The fourth-order valence-corrected chi connectivity index (χ4v) is 4.02. The number of ether oxygens (including phenoxy) is 2. The van der Waals surface area contributed by atoms with Crippen molar-refractivity contribution in [3.63, 3.8) is 0 Å². The molecule has 0 saturated carbocycles. The summed E-state index contributed by atoms with van der Waals surface area (Å²) in [5.41, 5.74) is 2.25. The van der Waals surface area contributed by atoms with Gasteiger partial charge in [0.2, 0.25) is 0 Å². The van der Waals surface area contributed by atoms with E-state index in [2.05, 4.69) is 10.6 Å². The summed E-state index contributed by atoms with van der Waals surface area (Å²) in [4.78, 5) is 25.9.